The third-order valence-corrected chi connectivity index (χ3v) is 8.57. The Kier molecular flexibility index (Phi) is 17.4. The number of Topliss-reactive ketones (excluding diaryl/α,β-unsaturated/α-hetero) is 1. The van der Waals surface area contributed by atoms with Crippen molar-refractivity contribution in [2.75, 3.05) is 27.4 Å². The van der Waals surface area contributed by atoms with Gasteiger partial charge < -0.3 is 19.4 Å². The second-order valence-electron chi connectivity index (χ2n) is 12.9. The van der Waals surface area contributed by atoms with Crippen molar-refractivity contribution in [1.82, 2.24) is 29.9 Å². The Labute approximate surface area is 322 Å². The topological polar surface area (TPSA) is 194 Å². The van der Waals surface area contributed by atoms with Crippen LogP contribution in [0.4, 0.5) is 0 Å². The fraction of sp³-hybridized carbons (Fsp3) is 0.450. The maximum absolute atomic E-state index is 11.3. The van der Waals surface area contributed by atoms with Crippen LogP contribution < -0.4 is 5.90 Å². The number of oxime groups is 3. The number of aromatic nitrogens is 6. The van der Waals surface area contributed by atoms with Crippen LogP contribution in [0.3, 0.4) is 0 Å². The maximum Gasteiger partial charge on any atom is 0.181 e. The fourth-order valence-electron chi connectivity index (χ4n) is 5.84. The zero-order valence-corrected chi connectivity index (χ0v) is 32.7. The van der Waals surface area contributed by atoms with Gasteiger partial charge in [0, 0.05) is 30.2 Å². The van der Waals surface area contributed by atoms with E-state index in [1.165, 1.54) is 14.2 Å². The van der Waals surface area contributed by atoms with Gasteiger partial charge >= 0.3 is 0 Å². The third kappa shape index (κ3) is 13.7. The van der Waals surface area contributed by atoms with E-state index in [0.29, 0.717) is 31.2 Å². The number of hydrogen-bond donors (Lipinski definition) is 1. The molecular weight excluding hydrogens is 701 g/mol. The molecule has 2 aliphatic carbocycles. The largest absolute Gasteiger partial charge is 0.399 e. The van der Waals surface area contributed by atoms with Crippen LogP contribution in [0, 0.1) is 13.8 Å². The van der Waals surface area contributed by atoms with E-state index in [1.807, 2.05) is 70.3 Å². The number of fused-ring (bicyclic) bond motifs is 2. The first kappa shape index (κ1) is 42.2. The van der Waals surface area contributed by atoms with E-state index >= 15 is 0 Å². The van der Waals surface area contributed by atoms with Crippen molar-refractivity contribution in [3.63, 3.8) is 0 Å². The molecule has 0 spiro atoms. The van der Waals surface area contributed by atoms with Gasteiger partial charge in [0.2, 0.25) is 0 Å². The van der Waals surface area contributed by atoms with Gasteiger partial charge in [-0.15, -0.1) is 0 Å². The van der Waals surface area contributed by atoms with E-state index in [0.717, 1.165) is 120 Å². The molecule has 292 valence electrons. The van der Waals surface area contributed by atoms with Crippen LogP contribution in [0.15, 0.2) is 64.3 Å². The summed E-state index contributed by atoms with van der Waals surface area (Å²) in [6.07, 6.45) is 12.5. The van der Waals surface area contributed by atoms with Crippen molar-refractivity contribution in [2.24, 2.45) is 21.4 Å². The van der Waals surface area contributed by atoms with Crippen LogP contribution in [-0.2, 0) is 45.0 Å². The highest BCUT2D eigenvalue weighted by molar-refractivity contribution is 6.00. The van der Waals surface area contributed by atoms with Gasteiger partial charge in [-0.2, -0.15) is 0 Å². The molecule has 0 unspecified atom stereocenters. The molecule has 4 aromatic rings. The Morgan fingerprint density at radius 3 is 1.80 bits per heavy atom. The van der Waals surface area contributed by atoms with E-state index in [9.17, 15) is 4.79 Å². The quantitative estimate of drug-likeness (QED) is 0.0979. The Morgan fingerprint density at radius 2 is 1.24 bits per heavy atom. The SMILES string of the molecule is CO/N=C(\C)c1cccc(CCCO/N=C2\CCCc3cnc(C)nc32)n1.CO/N=C(\C)c1cccc(CCCON)n1.Cc1ncc2c(n1)C(=O)CCC2. The summed E-state index contributed by atoms with van der Waals surface area (Å²) in [5, 5.41) is 12.1. The molecule has 2 N–H and O–H groups in total. The zero-order chi connectivity index (χ0) is 39.4. The number of aryl methyl sites for hydroxylation is 6. The Bertz CT molecular complexity index is 1950. The van der Waals surface area contributed by atoms with Crippen molar-refractivity contribution in [1.29, 1.82) is 0 Å². The molecule has 4 aromatic heterocycles. The van der Waals surface area contributed by atoms with Crippen molar-refractivity contribution in [3.05, 3.63) is 106 Å². The lowest BCUT2D eigenvalue weighted by Crippen LogP contribution is -2.16. The molecule has 55 heavy (non-hydrogen) atoms. The number of ketones is 1. The van der Waals surface area contributed by atoms with Crippen LogP contribution in [0.1, 0.15) is 114 Å². The van der Waals surface area contributed by atoms with Gasteiger partial charge in [-0.05, 0) is 121 Å². The molecule has 0 radical (unpaired) electrons. The monoisotopic (exact) mass is 752 g/mol. The molecule has 0 saturated heterocycles. The van der Waals surface area contributed by atoms with Gasteiger partial charge in [-0.3, -0.25) is 14.8 Å². The normalized spacial score (nSPS) is 14.5. The molecule has 4 heterocycles. The molecule has 0 atom stereocenters. The Morgan fingerprint density at radius 1 is 0.709 bits per heavy atom. The summed E-state index contributed by atoms with van der Waals surface area (Å²) in [6, 6.07) is 11.7. The van der Waals surface area contributed by atoms with Crippen LogP contribution in [0.25, 0.3) is 0 Å². The first-order chi connectivity index (χ1) is 26.7. The van der Waals surface area contributed by atoms with Gasteiger partial charge in [0.25, 0.3) is 0 Å². The molecule has 0 aliphatic heterocycles. The number of hydrogen-bond acceptors (Lipinski definition) is 15. The molecule has 6 rings (SSSR count). The molecular formula is C40H52N10O5. The van der Waals surface area contributed by atoms with Crippen LogP contribution in [0.5, 0.6) is 0 Å². The molecule has 2 aliphatic rings. The van der Waals surface area contributed by atoms with Crippen molar-refractivity contribution in [2.45, 2.75) is 91.9 Å². The molecule has 0 saturated carbocycles. The van der Waals surface area contributed by atoms with Gasteiger partial charge in [-0.25, -0.2) is 25.8 Å². The van der Waals surface area contributed by atoms with Crippen LogP contribution >= 0.6 is 0 Å². The first-order valence-electron chi connectivity index (χ1n) is 18.5. The lowest BCUT2D eigenvalue weighted by Gasteiger charge is -2.16. The minimum atomic E-state index is 0.168. The summed E-state index contributed by atoms with van der Waals surface area (Å²) < 4.78 is 0. The molecule has 0 aromatic carbocycles. The number of carbonyl (C=O) groups is 1. The lowest BCUT2D eigenvalue weighted by atomic mass is 9.96. The molecule has 15 nitrogen and oxygen atoms in total. The van der Waals surface area contributed by atoms with Crippen molar-refractivity contribution in [3.8, 4) is 0 Å². The summed E-state index contributed by atoms with van der Waals surface area (Å²) in [6.45, 7) is 8.52. The Balaban J connectivity index is 0.000000203. The zero-order valence-electron chi connectivity index (χ0n) is 32.7. The number of carbonyl (C=O) groups excluding carboxylic acids is 1. The third-order valence-electron chi connectivity index (χ3n) is 8.57. The highest BCUT2D eigenvalue weighted by Crippen LogP contribution is 2.20. The summed E-state index contributed by atoms with van der Waals surface area (Å²) in [4.78, 5) is 57.0. The summed E-state index contributed by atoms with van der Waals surface area (Å²) >= 11 is 0. The first-order valence-corrected chi connectivity index (χ1v) is 18.5. The highest BCUT2D eigenvalue weighted by atomic mass is 16.6. The van der Waals surface area contributed by atoms with Crippen LogP contribution in [-0.4, -0.2) is 80.3 Å². The van der Waals surface area contributed by atoms with E-state index < -0.39 is 0 Å². The summed E-state index contributed by atoms with van der Waals surface area (Å²) in [5.74, 6) is 6.57. The second kappa shape index (κ2) is 22.6. The minimum absolute atomic E-state index is 0.168. The van der Waals surface area contributed by atoms with Gasteiger partial charge in [0.05, 0.1) is 23.7 Å². The Hall–Kier alpha value is -5.54. The van der Waals surface area contributed by atoms with Gasteiger partial charge in [-0.1, -0.05) is 27.6 Å². The fourth-order valence-corrected chi connectivity index (χ4v) is 5.84. The van der Waals surface area contributed by atoms with E-state index in [-0.39, 0.29) is 5.78 Å². The number of nitrogens with zero attached hydrogens (tertiary/aromatic N) is 9. The van der Waals surface area contributed by atoms with E-state index in [1.54, 1.807) is 6.20 Å². The summed E-state index contributed by atoms with van der Waals surface area (Å²) in [5.41, 5.74) is 9.85. The number of pyridine rings is 2. The molecule has 15 heteroatoms. The number of nitrogens with two attached hydrogens (primary N) is 1. The predicted octanol–water partition coefficient (Wildman–Crippen LogP) is 5.82. The standard InChI is InChI=1S/C20H25N5O2.C11H17N3O2.C9H10N2O/c1-14(24-26-3)18-10-5-8-17(23-18)9-6-12-27-25-19-11-4-7-16-13-21-15(2)22-20(16)19;1-9(14-15-2)11-7-3-5-10(13-11)6-4-8-16-12;1-6-10-5-7-3-2-4-8(12)9(7)11-6/h5,8,10,13H,4,6-7,9,11-12H2,1-3H3;3,5,7H,4,6,8,12H2,1-2H3;5H,2-4H2,1H3/b24-14+,25-19+;14-9+;. The van der Waals surface area contributed by atoms with Crippen LogP contribution in [0.2, 0.25) is 0 Å². The van der Waals surface area contributed by atoms with Gasteiger partial charge in [0.1, 0.15) is 55.3 Å². The highest BCUT2D eigenvalue weighted by Gasteiger charge is 2.19. The maximum atomic E-state index is 11.3. The minimum Gasteiger partial charge on any atom is -0.399 e. The number of rotatable bonds is 13. The lowest BCUT2D eigenvalue weighted by molar-refractivity contribution is 0.0966. The van der Waals surface area contributed by atoms with E-state index in [4.69, 9.17) is 20.4 Å². The van der Waals surface area contributed by atoms with Crippen molar-refractivity contribution < 1.29 is 24.1 Å². The average molecular weight is 753 g/mol. The predicted molar refractivity (Wildman–Crippen MR) is 210 cm³/mol. The van der Waals surface area contributed by atoms with Gasteiger partial charge in [0.15, 0.2) is 5.78 Å². The smallest absolute Gasteiger partial charge is 0.181 e. The average Bonchev–Trinajstić information content (AvgIpc) is 3.19. The molecule has 0 amide bonds. The summed E-state index contributed by atoms with van der Waals surface area (Å²) in [7, 11) is 3.05. The van der Waals surface area contributed by atoms with E-state index in [2.05, 4.69) is 50.2 Å². The molecule has 0 fully saturated rings. The molecule has 0 bridgehead atoms. The second-order valence-corrected chi connectivity index (χ2v) is 12.9. The van der Waals surface area contributed by atoms with Crippen molar-refractivity contribution >= 4 is 22.9 Å².